The van der Waals surface area contributed by atoms with Crippen molar-refractivity contribution < 1.29 is 9.47 Å². The van der Waals surface area contributed by atoms with Crippen LogP contribution in [0.25, 0.3) is 0 Å². The normalized spacial score (nSPS) is 10.3. The first-order chi connectivity index (χ1) is 9.77. The molecule has 0 aliphatic carbocycles. The van der Waals surface area contributed by atoms with Gasteiger partial charge in [0.05, 0.1) is 23.3 Å². The van der Waals surface area contributed by atoms with Gasteiger partial charge in [-0.1, -0.05) is 47.5 Å². The van der Waals surface area contributed by atoms with E-state index >= 15 is 0 Å². The molecule has 0 unspecified atom stereocenters. The molecule has 0 heterocycles. The van der Waals surface area contributed by atoms with Crippen molar-refractivity contribution in [2.24, 2.45) is 0 Å². The zero-order valence-electron chi connectivity index (χ0n) is 11.0. The minimum atomic E-state index is 0.621. The Balaban J connectivity index is 1.63. The first-order valence-corrected chi connectivity index (χ1v) is 7.27. The number of benzene rings is 2. The number of ether oxygens (including phenoxy) is 2. The average molecular weight is 311 g/mol. The van der Waals surface area contributed by atoms with Gasteiger partial charge in [0.1, 0.15) is 11.5 Å². The molecule has 0 saturated heterocycles. The zero-order valence-corrected chi connectivity index (χ0v) is 12.5. The average Bonchev–Trinajstić information content (AvgIpc) is 2.46. The van der Waals surface area contributed by atoms with Crippen LogP contribution in [-0.4, -0.2) is 13.2 Å². The predicted molar refractivity (Wildman–Crippen MR) is 83.1 cm³/mol. The fourth-order valence-corrected chi connectivity index (χ4v) is 2.07. The Morgan fingerprint density at radius 1 is 0.650 bits per heavy atom. The molecule has 0 bridgehead atoms. The fraction of sp³-hybridized carbons (Fsp3) is 0.250. The van der Waals surface area contributed by atoms with Gasteiger partial charge in [-0.3, -0.25) is 0 Å². The summed E-state index contributed by atoms with van der Waals surface area (Å²) in [6, 6.07) is 14.9. The summed E-state index contributed by atoms with van der Waals surface area (Å²) in [5, 5.41) is 1.28. The van der Waals surface area contributed by atoms with E-state index in [2.05, 4.69) is 0 Å². The molecule has 2 aromatic carbocycles. The van der Waals surface area contributed by atoms with E-state index in [1.165, 1.54) is 0 Å². The molecule has 0 aromatic heterocycles. The van der Waals surface area contributed by atoms with Crippen molar-refractivity contribution in [3.05, 3.63) is 58.6 Å². The third-order valence-corrected chi connectivity index (χ3v) is 3.35. The molecule has 4 heteroatoms. The summed E-state index contributed by atoms with van der Waals surface area (Å²) in [6.45, 7) is 1.24. The zero-order chi connectivity index (χ0) is 14.2. The highest BCUT2D eigenvalue weighted by Crippen LogP contribution is 2.24. The van der Waals surface area contributed by atoms with Gasteiger partial charge in [0.2, 0.25) is 0 Å². The Kier molecular flexibility index (Phi) is 6.03. The van der Waals surface area contributed by atoms with Crippen LogP contribution in [0.4, 0.5) is 0 Å². The maximum Gasteiger partial charge on any atom is 0.137 e. The van der Waals surface area contributed by atoms with Crippen molar-refractivity contribution >= 4 is 23.2 Å². The van der Waals surface area contributed by atoms with E-state index in [0.717, 1.165) is 24.3 Å². The van der Waals surface area contributed by atoms with Crippen molar-refractivity contribution in [1.29, 1.82) is 0 Å². The second-order valence-corrected chi connectivity index (χ2v) is 5.08. The second kappa shape index (κ2) is 8.03. The Labute approximate surface area is 129 Å². The topological polar surface area (TPSA) is 18.5 Å². The molecule has 0 aliphatic heterocycles. The Morgan fingerprint density at radius 2 is 1.05 bits per heavy atom. The van der Waals surface area contributed by atoms with Crippen LogP contribution in [0, 0.1) is 0 Å². The molecular formula is C16H16Cl2O2. The van der Waals surface area contributed by atoms with E-state index in [1.807, 2.05) is 48.5 Å². The molecule has 2 aromatic rings. The minimum absolute atomic E-state index is 0.621. The van der Waals surface area contributed by atoms with Crippen LogP contribution >= 0.6 is 23.2 Å². The molecule has 106 valence electrons. The van der Waals surface area contributed by atoms with Crippen LogP contribution in [0.2, 0.25) is 10.0 Å². The smallest absolute Gasteiger partial charge is 0.137 e. The first-order valence-electron chi connectivity index (χ1n) is 6.52. The maximum atomic E-state index is 6.00. The van der Waals surface area contributed by atoms with Gasteiger partial charge in [0.15, 0.2) is 0 Å². The fourth-order valence-electron chi connectivity index (χ4n) is 1.69. The summed E-state index contributed by atoms with van der Waals surface area (Å²) >= 11 is 12.0. The lowest BCUT2D eigenvalue weighted by Gasteiger charge is -2.09. The number of rotatable bonds is 7. The Morgan fingerprint density at radius 3 is 1.45 bits per heavy atom. The van der Waals surface area contributed by atoms with Gasteiger partial charge in [-0.2, -0.15) is 0 Å². The van der Waals surface area contributed by atoms with Gasteiger partial charge >= 0.3 is 0 Å². The summed E-state index contributed by atoms with van der Waals surface area (Å²) in [7, 11) is 0. The summed E-state index contributed by atoms with van der Waals surface area (Å²) in [5.74, 6) is 1.45. The van der Waals surface area contributed by atoms with Crippen LogP contribution in [-0.2, 0) is 0 Å². The van der Waals surface area contributed by atoms with Crippen LogP contribution in [0.15, 0.2) is 48.5 Å². The van der Waals surface area contributed by atoms with E-state index in [1.54, 1.807) is 0 Å². The van der Waals surface area contributed by atoms with Gasteiger partial charge < -0.3 is 9.47 Å². The molecule has 0 saturated carbocycles. The molecule has 2 nitrogen and oxygen atoms in total. The van der Waals surface area contributed by atoms with Crippen molar-refractivity contribution in [3.63, 3.8) is 0 Å². The van der Waals surface area contributed by atoms with E-state index in [9.17, 15) is 0 Å². The van der Waals surface area contributed by atoms with Crippen molar-refractivity contribution in [1.82, 2.24) is 0 Å². The third kappa shape index (κ3) is 4.62. The monoisotopic (exact) mass is 310 g/mol. The molecule has 0 fully saturated rings. The lowest BCUT2D eigenvalue weighted by atomic mass is 10.3. The van der Waals surface area contributed by atoms with E-state index in [-0.39, 0.29) is 0 Å². The summed E-state index contributed by atoms with van der Waals surface area (Å²) in [5.41, 5.74) is 0. The Hall–Kier alpha value is -1.38. The molecule has 0 N–H and O–H groups in total. The standard InChI is InChI=1S/C16H16Cl2O2/c17-13-7-1-3-9-15(13)19-11-5-6-12-20-16-10-4-2-8-14(16)18/h1-4,7-10H,5-6,11-12H2. The lowest BCUT2D eigenvalue weighted by Crippen LogP contribution is -2.03. The van der Waals surface area contributed by atoms with Gasteiger partial charge in [-0.05, 0) is 37.1 Å². The maximum absolute atomic E-state index is 6.00. The van der Waals surface area contributed by atoms with E-state index < -0.39 is 0 Å². The highest BCUT2D eigenvalue weighted by Gasteiger charge is 2.01. The van der Waals surface area contributed by atoms with Gasteiger partial charge in [-0.15, -0.1) is 0 Å². The number of hydrogen-bond acceptors (Lipinski definition) is 2. The van der Waals surface area contributed by atoms with Gasteiger partial charge in [0, 0.05) is 0 Å². The van der Waals surface area contributed by atoms with Crippen molar-refractivity contribution in [2.75, 3.05) is 13.2 Å². The molecule has 0 radical (unpaired) electrons. The quantitative estimate of drug-likeness (QED) is 0.652. The largest absolute Gasteiger partial charge is 0.492 e. The lowest BCUT2D eigenvalue weighted by molar-refractivity contribution is 0.266. The molecule has 20 heavy (non-hydrogen) atoms. The first kappa shape index (κ1) is 15.0. The molecule has 0 amide bonds. The van der Waals surface area contributed by atoms with Crippen LogP contribution in [0.1, 0.15) is 12.8 Å². The number of unbranched alkanes of at least 4 members (excludes halogenated alkanes) is 1. The van der Waals surface area contributed by atoms with Crippen LogP contribution in [0.3, 0.4) is 0 Å². The molecule has 0 spiro atoms. The minimum Gasteiger partial charge on any atom is -0.492 e. The predicted octanol–water partition coefficient (Wildman–Crippen LogP) is 5.23. The highest BCUT2D eigenvalue weighted by molar-refractivity contribution is 6.32. The van der Waals surface area contributed by atoms with E-state index in [4.69, 9.17) is 32.7 Å². The van der Waals surface area contributed by atoms with E-state index in [0.29, 0.717) is 23.3 Å². The molecule has 0 atom stereocenters. The number of hydrogen-bond donors (Lipinski definition) is 0. The number of halogens is 2. The van der Waals surface area contributed by atoms with Crippen LogP contribution in [0.5, 0.6) is 11.5 Å². The SMILES string of the molecule is Clc1ccccc1OCCCCOc1ccccc1Cl. The van der Waals surface area contributed by atoms with Crippen molar-refractivity contribution in [3.8, 4) is 11.5 Å². The highest BCUT2D eigenvalue weighted by atomic mass is 35.5. The molecule has 2 rings (SSSR count). The summed E-state index contributed by atoms with van der Waals surface area (Å²) < 4.78 is 11.2. The van der Waals surface area contributed by atoms with Crippen molar-refractivity contribution in [2.45, 2.75) is 12.8 Å². The Bertz CT molecular complexity index is 494. The summed E-state index contributed by atoms with van der Waals surface area (Å²) in [4.78, 5) is 0. The van der Waals surface area contributed by atoms with Gasteiger partial charge in [-0.25, -0.2) is 0 Å². The summed E-state index contributed by atoms with van der Waals surface area (Å²) in [6.07, 6.45) is 1.80. The number of para-hydroxylation sites is 2. The van der Waals surface area contributed by atoms with Gasteiger partial charge in [0.25, 0.3) is 0 Å². The molecule has 0 aliphatic rings. The van der Waals surface area contributed by atoms with Crippen LogP contribution < -0.4 is 9.47 Å². The second-order valence-electron chi connectivity index (χ2n) is 4.26. The third-order valence-electron chi connectivity index (χ3n) is 2.73. The molecular weight excluding hydrogens is 295 g/mol.